The van der Waals surface area contributed by atoms with E-state index in [1.54, 1.807) is 17.3 Å². The summed E-state index contributed by atoms with van der Waals surface area (Å²) < 4.78 is 5.46. The molecule has 0 radical (unpaired) electrons. The number of amides is 2. The minimum Gasteiger partial charge on any atom is -0.379 e. The standard InChI is InChI=1S/C21H21N5O2S/c27-21-23-18-3-1-2-16(12-25-8-10-28-11-9-25)17(18)13-26(21)19-14-29-20(24-19)15-4-6-22-7-5-15/h1-7,14H,8-13H2,(H,23,27). The van der Waals surface area contributed by atoms with Crippen LogP contribution in [0.1, 0.15) is 11.1 Å². The minimum absolute atomic E-state index is 0.146. The molecular formula is C21H21N5O2S. The summed E-state index contributed by atoms with van der Waals surface area (Å²) in [5.41, 5.74) is 4.28. The first-order valence-corrected chi connectivity index (χ1v) is 10.5. The molecule has 1 aromatic carbocycles. The Morgan fingerprint density at radius 2 is 1.97 bits per heavy atom. The molecule has 2 aliphatic rings. The predicted molar refractivity (Wildman–Crippen MR) is 113 cm³/mol. The van der Waals surface area contributed by atoms with Gasteiger partial charge in [0, 0.05) is 54.2 Å². The van der Waals surface area contributed by atoms with Crippen LogP contribution in [-0.4, -0.2) is 47.2 Å². The molecule has 1 N–H and O–H groups in total. The SMILES string of the molecule is O=C1Nc2cccc(CN3CCOCC3)c2CN1c1csc(-c2ccncc2)n1. The van der Waals surface area contributed by atoms with Crippen molar-refractivity contribution in [2.24, 2.45) is 0 Å². The number of ether oxygens (including phenoxy) is 1. The van der Waals surface area contributed by atoms with E-state index in [0.29, 0.717) is 12.4 Å². The summed E-state index contributed by atoms with van der Waals surface area (Å²) in [5, 5.41) is 5.85. The number of nitrogens with one attached hydrogen (secondary N) is 1. The molecule has 0 aliphatic carbocycles. The fourth-order valence-electron chi connectivity index (χ4n) is 3.70. The number of carbonyl (C=O) groups is 1. The van der Waals surface area contributed by atoms with Crippen molar-refractivity contribution in [2.75, 3.05) is 36.5 Å². The lowest BCUT2D eigenvalue weighted by molar-refractivity contribution is 0.0341. The van der Waals surface area contributed by atoms with Crippen LogP contribution in [0.3, 0.4) is 0 Å². The molecular weight excluding hydrogens is 386 g/mol. The fraction of sp³-hybridized carbons (Fsp3) is 0.286. The number of urea groups is 1. The zero-order valence-corrected chi connectivity index (χ0v) is 16.7. The van der Waals surface area contributed by atoms with Crippen LogP contribution in [0.4, 0.5) is 16.3 Å². The number of hydrogen-bond acceptors (Lipinski definition) is 6. The molecule has 8 heteroatoms. The molecule has 29 heavy (non-hydrogen) atoms. The second kappa shape index (κ2) is 7.90. The maximum absolute atomic E-state index is 12.7. The van der Waals surface area contributed by atoms with Gasteiger partial charge in [0.25, 0.3) is 0 Å². The van der Waals surface area contributed by atoms with Gasteiger partial charge in [0.1, 0.15) is 10.8 Å². The van der Waals surface area contributed by atoms with Crippen LogP contribution in [0.25, 0.3) is 10.6 Å². The molecule has 7 nitrogen and oxygen atoms in total. The summed E-state index contributed by atoms with van der Waals surface area (Å²) in [6.07, 6.45) is 3.50. The number of nitrogens with zero attached hydrogens (tertiary/aromatic N) is 4. The van der Waals surface area contributed by atoms with E-state index in [0.717, 1.165) is 54.7 Å². The van der Waals surface area contributed by atoms with Gasteiger partial charge in [-0.1, -0.05) is 12.1 Å². The van der Waals surface area contributed by atoms with Crippen LogP contribution < -0.4 is 10.2 Å². The van der Waals surface area contributed by atoms with E-state index in [-0.39, 0.29) is 6.03 Å². The Labute approximate surface area is 173 Å². The topological polar surface area (TPSA) is 70.6 Å². The smallest absolute Gasteiger partial charge is 0.327 e. The maximum Gasteiger partial charge on any atom is 0.327 e. The van der Waals surface area contributed by atoms with Gasteiger partial charge in [0.05, 0.1) is 19.8 Å². The molecule has 0 bridgehead atoms. The highest BCUT2D eigenvalue weighted by atomic mass is 32.1. The van der Waals surface area contributed by atoms with Crippen LogP contribution >= 0.6 is 11.3 Å². The predicted octanol–water partition coefficient (Wildman–Crippen LogP) is 3.59. The van der Waals surface area contributed by atoms with Crippen molar-refractivity contribution in [3.05, 3.63) is 59.2 Å². The van der Waals surface area contributed by atoms with Crippen LogP contribution in [0.15, 0.2) is 48.1 Å². The molecule has 1 saturated heterocycles. The van der Waals surface area contributed by atoms with Gasteiger partial charge >= 0.3 is 6.03 Å². The van der Waals surface area contributed by atoms with Gasteiger partial charge in [-0.05, 0) is 23.8 Å². The van der Waals surface area contributed by atoms with Crippen molar-refractivity contribution in [1.29, 1.82) is 0 Å². The molecule has 148 valence electrons. The molecule has 2 aliphatic heterocycles. The van der Waals surface area contributed by atoms with Crippen molar-refractivity contribution in [2.45, 2.75) is 13.1 Å². The van der Waals surface area contributed by atoms with Gasteiger partial charge in [0.15, 0.2) is 0 Å². The van der Waals surface area contributed by atoms with E-state index in [1.165, 1.54) is 16.9 Å². The zero-order chi connectivity index (χ0) is 19.6. The average molecular weight is 407 g/mol. The number of morpholine rings is 1. The van der Waals surface area contributed by atoms with E-state index in [2.05, 4.69) is 21.3 Å². The second-order valence-electron chi connectivity index (χ2n) is 7.09. The zero-order valence-electron chi connectivity index (χ0n) is 15.9. The van der Waals surface area contributed by atoms with E-state index in [4.69, 9.17) is 9.72 Å². The summed E-state index contributed by atoms with van der Waals surface area (Å²) in [5.74, 6) is 0.672. The Kier molecular flexibility index (Phi) is 4.97. The normalized spacial score (nSPS) is 17.1. The van der Waals surface area contributed by atoms with Crippen LogP contribution in [0.5, 0.6) is 0 Å². The van der Waals surface area contributed by atoms with Crippen molar-refractivity contribution < 1.29 is 9.53 Å². The molecule has 5 rings (SSSR count). The second-order valence-corrected chi connectivity index (χ2v) is 7.95. The van der Waals surface area contributed by atoms with Gasteiger partial charge in [-0.3, -0.25) is 14.8 Å². The van der Waals surface area contributed by atoms with E-state index < -0.39 is 0 Å². The summed E-state index contributed by atoms with van der Waals surface area (Å²) in [6, 6.07) is 9.83. The molecule has 3 aromatic rings. The lowest BCUT2D eigenvalue weighted by Crippen LogP contribution is -2.40. The number of hydrogen-bond donors (Lipinski definition) is 1. The van der Waals surface area contributed by atoms with E-state index in [9.17, 15) is 4.79 Å². The highest BCUT2D eigenvalue weighted by Gasteiger charge is 2.28. The van der Waals surface area contributed by atoms with Crippen LogP contribution in [0.2, 0.25) is 0 Å². The van der Waals surface area contributed by atoms with Gasteiger partial charge in [-0.15, -0.1) is 11.3 Å². The Balaban J connectivity index is 1.41. The third-order valence-corrected chi connectivity index (χ3v) is 6.15. The molecule has 0 atom stereocenters. The minimum atomic E-state index is -0.146. The van der Waals surface area contributed by atoms with Gasteiger partial charge < -0.3 is 10.1 Å². The lowest BCUT2D eigenvalue weighted by Gasteiger charge is -2.32. The van der Waals surface area contributed by atoms with E-state index in [1.807, 2.05) is 29.6 Å². The molecule has 0 spiro atoms. The molecule has 2 aromatic heterocycles. The monoisotopic (exact) mass is 407 g/mol. The molecule has 4 heterocycles. The first kappa shape index (κ1) is 18.2. The number of benzene rings is 1. The Morgan fingerprint density at radius 3 is 2.79 bits per heavy atom. The van der Waals surface area contributed by atoms with Crippen molar-refractivity contribution >= 4 is 28.9 Å². The Morgan fingerprint density at radius 1 is 1.14 bits per heavy atom. The van der Waals surface area contributed by atoms with Crippen LogP contribution in [-0.2, 0) is 17.8 Å². The van der Waals surface area contributed by atoms with Crippen molar-refractivity contribution in [1.82, 2.24) is 14.9 Å². The quantitative estimate of drug-likeness (QED) is 0.716. The van der Waals surface area contributed by atoms with Crippen molar-refractivity contribution in [3.63, 3.8) is 0 Å². The lowest BCUT2D eigenvalue weighted by atomic mass is 10.0. The number of anilines is 2. The Bertz CT molecular complexity index is 1020. The fourth-order valence-corrected chi connectivity index (χ4v) is 4.52. The molecule has 0 unspecified atom stereocenters. The molecule has 2 amide bonds. The Hall–Kier alpha value is -2.81. The number of carbonyl (C=O) groups excluding carboxylic acids is 1. The summed E-state index contributed by atoms with van der Waals surface area (Å²) in [4.78, 5) is 25.6. The third kappa shape index (κ3) is 3.74. The third-order valence-electron chi connectivity index (χ3n) is 5.27. The summed E-state index contributed by atoms with van der Waals surface area (Å²) in [6.45, 7) is 4.78. The van der Waals surface area contributed by atoms with E-state index >= 15 is 0 Å². The number of fused-ring (bicyclic) bond motifs is 1. The molecule has 1 fully saturated rings. The highest BCUT2D eigenvalue weighted by Crippen LogP contribution is 2.33. The largest absolute Gasteiger partial charge is 0.379 e. The first-order chi connectivity index (χ1) is 14.3. The molecule has 0 saturated carbocycles. The average Bonchev–Trinajstić information content (AvgIpc) is 3.25. The summed E-state index contributed by atoms with van der Waals surface area (Å²) >= 11 is 1.53. The van der Waals surface area contributed by atoms with Gasteiger partial charge in [0.2, 0.25) is 0 Å². The highest BCUT2D eigenvalue weighted by molar-refractivity contribution is 7.13. The number of aromatic nitrogens is 2. The van der Waals surface area contributed by atoms with Crippen molar-refractivity contribution in [3.8, 4) is 10.6 Å². The van der Waals surface area contributed by atoms with Crippen LogP contribution in [0, 0.1) is 0 Å². The number of thiazole rings is 1. The van der Waals surface area contributed by atoms with Gasteiger partial charge in [-0.25, -0.2) is 9.78 Å². The number of rotatable bonds is 4. The number of pyridine rings is 1. The van der Waals surface area contributed by atoms with Gasteiger partial charge in [-0.2, -0.15) is 0 Å². The first-order valence-electron chi connectivity index (χ1n) is 9.63. The summed E-state index contributed by atoms with van der Waals surface area (Å²) in [7, 11) is 0. The maximum atomic E-state index is 12.7.